The molecule has 0 aliphatic heterocycles. The van der Waals surface area contributed by atoms with Crippen LogP contribution < -0.4 is 4.90 Å². The zero-order chi connectivity index (χ0) is 12.3. The number of anilines is 1. The number of halogens is 1. The van der Waals surface area contributed by atoms with E-state index in [-0.39, 0.29) is 0 Å². The molecule has 1 N–H and O–H groups in total. The number of rotatable bonds is 4. The molecule has 0 amide bonds. The summed E-state index contributed by atoms with van der Waals surface area (Å²) in [6.45, 7) is 2.97. The second-order valence-electron chi connectivity index (χ2n) is 4.13. The molecule has 2 rings (SSSR count). The number of hydrogen-bond acceptors (Lipinski definition) is 2. The number of nitrogens with one attached hydrogen (secondary N) is 1. The fraction of sp³-hybridized carbons (Fsp3) is 0.308. The lowest BCUT2D eigenvalue weighted by Gasteiger charge is -2.18. The minimum absolute atomic E-state index is 0.964. The smallest absolute Gasteiger partial charge is 0.128 e. The molecule has 0 spiro atoms. The van der Waals surface area contributed by atoms with Gasteiger partial charge in [0.25, 0.3) is 0 Å². The van der Waals surface area contributed by atoms with Crippen molar-refractivity contribution in [3.8, 4) is 0 Å². The van der Waals surface area contributed by atoms with Crippen LogP contribution in [-0.2, 0) is 6.42 Å². The molecule has 0 aliphatic carbocycles. The molecule has 0 radical (unpaired) electrons. The highest BCUT2D eigenvalue weighted by molar-refractivity contribution is 9.10. The van der Waals surface area contributed by atoms with Crippen molar-refractivity contribution in [2.45, 2.75) is 13.3 Å². The third kappa shape index (κ3) is 3.09. The van der Waals surface area contributed by atoms with Crippen LogP contribution in [0.3, 0.4) is 0 Å². The summed E-state index contributed by atoms with van der Waals surface area (Å²) in [5.74, 6) is 1.02. The van der Waals surface area contributed by atoms with Crippen LogP contribution in [0.4, 0.5) is 5.82 Å². The highest BCUT2D eigenvalue weighted by Crippen LogP contribution is 2.18. The van der Waals surface area contributed by atoms with Gasteiger partial charge in [-0.2, -0.15) is 0 Å². The summed E-state index contributed by atoms with van der Waals surface area (Å²) in [4.78, 5) is 9.79. The summed E-state index contributed by atoms with van der Waals surface area (Å²) in [5.41, 5.74) is 2.35. The number of hydrogen-bond donors (Lipinski definition) is 1. The van der Waals surface area contributed by atoms with Crippen molar-refractivity contribution in [2.24, 2.45) is 0 Å². The van der Waals surface area contributed by atoms with E-state index in [0.29, 0.717) is 0 Å². The summed E-state index contributed by atoms with van der Waals surface area (Å²) in [6.07, 6.45) is 5.02. The highest BCUT2D eigenvalue weighted by atomic mass is 79.9. The van der Waals surface area contributed by atoms with Crippen LogP contribution in [-0.4, -0.2) is 23.6 Å². The van der Waals surface area contributed by atoms with E-state index in [2.05, 4.69) is 43.9 Å². The van der Waals surface area contributed by atoms with Gasteiger partial charge in [-0.05, 0) is 53.0 Å². The van der Waals surface area contributed by atoms with E-state index < -0.39 is 0 Å². The Balaban J connectivity index is 1.99. The Morgan fingerprint density at radius 2 is 2.18 bits per heavy atom. The SMILES string of the molecule is Cc1nc(N(C)CCc2cc[nH]c2)ccc1Br. The topological polar surface area (TPSA) is 31.9 Å². The molecule has 0 aromatic carbocycles. The monoisotopic (exact) mass is 293 g/mol. The zero-order valence-corrected chi connectivity index (χ0v) is 11.7. The van der Waals surface area contributed by atoms with Crippen LogP contribution in [0.15, 0.2) is 35.1 Å². The Labute approximate surface area is 110 Å². The van der Waals surface area contributed by atoms with Gasteiger partial charge in [-0.15, -0.1) is 0 Å². The molecule has 0 atom stereocenters. The Kier molecular flexibility index (Phi) is 3.84. The fourth-order valence-corrected chi connectivity index (χ4v) is 1.89. The molecule has 90 valence electrons. The lowest BCUT2D eigenvalue weighted by molar-refractivity contribution is 0.856. The van der Waals surface area contributed by atoms with Crippen LogP contribution in [0, 0.1) is 6.92 Å². The van der Waals surface area contributed by atoms with Crippen molar-refractivity contribution < 1.29 is 0 Å². The molecular formula is C13H16BrN3. The van der Waals surface area contributed by atoms with Crippen molar-refractivity contribution in [3.05, 3.63) is 46.3 Å². The predicted molar refractivity (Wildman–Crippen MR) is 74.4 cm³/mol. The Morgan fingerprint density at radius 1 is 1.35 bits per heavy atom. The number of likely N-dealkylation sites (N-methyl/N-ethyl adjacent to an activating group) is 1. The van der Waals surface area contributed by atoms with Crippen molar-refractivity contribution >= 4 is 21.7 Å². The summed E-state index contributed by atoms with van der Waals surface area (Å²) < 4.78 is 1.06. The minimum Gasteiger partial charge on any atom is -0.367 e. The number of nitrogens with zero attached hydrogens (tertiary/aromatic N) is 2. The van der Waals surface area contributed by atoms with Gasteiger partial charge in [0.1, 0.15) is 5.82 Å². The van der Waals surface area contributed by atoms with Gasteiger partial charge in [0.2, 0.25) is 0 Å². The molecule has 2 aromatic rings. The molecule has 0 bridgehead atoms. The molecule has 0 aliphatic rings. The van der Waals surface area contributed by atoms with E-state index in [0.717, 1.165) is 29.0 Å². The molecule has 3 nitrogen and oxygen atoms in total. The summed E-state index contributed by atoms with van der Waals surface area (Å²) in [7, 11) is 2.07. The van der Waals surface area contributed by atoms with E-state index in [1.807, 2.05) is 31.5 Å². The van der Waals surface area contributed by atoms with Crippen LogP contribution in [0.5, 0.6) is 0 Å². The quantitative estimate of drug-likeness (QED) is 0.939. The van der Waals surface area contributed by atoms with Gasteiger partial charge in [-0.3, -0.25) is 0 Å². The van der Waals surface area contributed by atoms with E-state index in [1.54, 1.807) is 0 Å². The van der Waals surface area contributed by atoms with Crippen LogP contribution in [0.2, 0.25) is 0 Å². The minimum atomic E-state index is 0.964. The first-order valence-electron chi connectivity index (χ1n) is 5.63. The standard InChI is InChI=1S/C13H16BrN3/c1-10-12(14)3-4-13(16-10)17(2)8-6-11-5-7-15-9-11/h3-5,7,9,15H,6,8H2,1-2H3. The number of aromatic amines is 1. The molecule has 2 heterocycles. The first-order valence-corrected chi connectivity index (χ1v) is 6.42. The summed E-state index contributed by atoms with van der Waals surface area (Å²) >= 11 is 3.46. The average Bonchev–Trinajstić information content (AvgIpc) is 2.82. The van der Waals surface area contributed by atoms with Crippen molar-refractivity contribution in [2.75, 3.05) is 18.5 Å². The largest absolute Gasteiger partial charge is 0.367 e. The van der Waals surface area contributed by atoms with Gasteiger partial charge in [-0.25, -0.2) is 4.98 Å². The number of aryl methyl sites for hydroxylation is 1. The molecule has 0 fully saturated rings. The third-order valence-corrected chi connectivity index (χ3v) is 3.63. The highest BCUT2D eigenvalue weighted by Gasteiger charge is 2.04. The molecule has 4 heteroatoms. The van der Waals surface area contributed by atoms with E-state index in [1.165, 1.54) is 5.56 Å². The van der Waals surface area contributed by atoms with E-state index in [4.69, 9.17) is 0 Å². The van der Waals surface area contributed by atoms with Crippen LogP contribution >= 0.6 is 15.9 Å². The third-order valence-electron chi connectivity index (χ3n) is 2.80. The number of H-pyrrole nitrogens is 1. The van der Waals surface area contributed by atoms with Gasteiger partial charge < -0.3 is 9.88 Å². The van der Waals surface area contributed by atoms with E-state index >= 15 is 0 Å². The summed E-state index contributed by atoms with van der Waals surface area (Å²) in [5, 5.41) is 0. The maximum absolute atomic E-state index is 4.54. The van der Waals surface area contributed by atoms with Gasteiger partial charge in [0.05, 0.1) is 5.69 Å². The summed E-state index contributed by atoms with van der Waals surface area (Å²) in [6, 6.07) is 6.19. The average molecular weight is 294 g/mol. The van der Waals surface area contributed by atoms with Gasteiger partial charge in [0.15, 0.2) is 0 Å². The predicted octanol–water partition coefficient (Wildman–Crippen LogP) is 3.16. The lowest BCUT2D eigenvalue weighted by Crippen LogP contribution is -2.21. The Hall–Kier alpha value is -1.29. The maximum Gasteiger partial charge on any atom is 0.128 e. The molecule has 0 unspecified atom stereocenters. The number of aromatic nitrogens is 2. The normalized spacial score (nSPS) is 10.5. The molecule has 0 saturated carbocycles. The van der Waals surface area contributed by atoms with Crippen LogP contribution in [0.1, 0.15) is 11.3 Å². The molecule has 0 saturated heterocycles. The van der Waals surface area contributed by atoms with Crippen LogP contribution in [0.25, 0.3) is 0 Å². The first kappa shape index (κ1) is 12.2. The lowest BCUT2D eigenvalue weighted by atomic mass is 10.2. The number of pyridine rings is 1. The fourth-order valence-electron chi connectivity index (χ4n) is 1.67. The van der Waals surface area contributed by atoms with Gasteiger partial charge in [0, 0.05) is 30.5 Å². The Morgan fingerprint density at radius 3 is 2.82 bits per heavy atom. The van der Waals surface area contributed by atoms with Gasteiger partial charge in [-0.1, -0.05) is 0 Å². The first-order chi connectivity index (χ1) is 8.16. The zero-order valence-electron chi connectivity index (χ0n) is 10.1. The van der Waals surface area contributed by atoms with Crippen molar-refractivity contribution in [1.29, 1.82) is 0 Å². The van der Waals surface area contributed by atoms with Crippen molar-refractivity contribution in [1.82, 2.24) is 9.97 Å². The second kappa shape index (κ2) is 5.36. The molecular weight excluding hydrogens is 278 g/mol. The molecule has 2 aromatic heterocycles. The second-order valence-corrected chi connectivity index (χ2v) is 4.98. The van der Waals surface area contributed by atoms with Gasteiger partial charge >= 0.3 is 0 Å². The Bertz CT molecular complexity index is 479. The van der Waals surface area contributed by atoms with E-state index in [9.17, 15) is 0 Å². The maximum atomic E-state index is 4.54. The molecule has 17 heavy (non-hydrogen) atoms. The van der Waals surface area contributed by atoms with Crippen molar-refractivity contribution in [3.63, 3.8) is 0 Å².